The molecule has 1 rings (SSSR count). The fraction of sp³-hybridized carbons (Fsp3) is 0.500. The lowest BCUT2D eigenvalue weighted by molar-refractivity contribution is 0.544. The van der Waals surface area contributed by atoms with Crippen LogP contribution in [0.4, 0.5) is 5.69 Å². The third kappa shape index (κ3) is 3.71. The molecule has 1 atom stereocenters. The van der Waals surface area contributed by atoms with Crippen LogP contribution in [-0.2, 0) is 10.0 Å². The number of nitrogens with one attached hydrogen (secondary N) is 1. The van der Waals surface area contributed by atoms with Crippen molar-refractivity contribution in [2.45, 2.75) is 44.6 Å². The van der Waals surface area contributed by atoms with Gasteiger partial charge in [-0.2, -0.15) is 0 Å². The molecule has 0 saturated heterocycles. The Labute approximate surface area is 103 Å². The molecule has 0 amide bonds. The van der Waals surface area contributed by atoms with Crippen molar-refractivity contribution in [2.24, 2.45) is 0 Å². The summed E-state index contributed by atoms with van der Waals surface area (Å²) in [5, 5.41) is 0. The minimum atomic E-state index is -3.50. The van der Waals surface area contributed by atoms with Crippen molar-refractivity contribution in [2.75, 3.05) is 5.73 Å². The molecule has 0 aliphatic heterocycles. The van der Waals surface area contributed by atoms with Crippen LogP contribution in [-0.4, -0.2) is 14.5 Å². The molecule has 0 radical (unpaired) electrons. The Morgan fingerprint density at radius 2 is 2.06 bits per heavy atom. The van der Waals surface area contributed by atoms with E-state index in [2.05, 4.69) is 4.72 Å². The lowest BCUT2D eigenvalue weighted by atomic mass is 10.2. The molecule has 0 bridgehead atoms. The molecule has 96 valence electrons. The third-order valence-electron chi connectivity index (χ3n) is 2.53. The highest BCUT2D eigenvalue weighted by Crippen LogP contribution is 2.19. The van der Waals surface area contributed by atoms with E-state index >= 15 is 0 Å². The van der Waals surface area contributed by atoms with Crippen LogP contribution in [0, 0.1) is 6.92 Å². The van der Waals surface area contributed by atoms with Gasteiger partial charge in [0.2, 0.25) is 10.0 Å². The molecule has 3 N–H and O–H groups in total. The number of rotatable bonds is 5. The van der Waals surface area contributed by atoms with Gasteiger partial charge in [-0.25, -0.2) is 13.1 Å². The molecule has 1 aromatic carbocycles. The van der Waals surface area contributed by atoms with E-state index in [-0.39, 0.29) is 10.9 Å². The quantitative estimate of drug-likeness (QED) is 0.792. The molecule has 0 spiro atoms. The maximum Gasteiger partial charge on any atom is 0.242 e. The average Bonchev–Trinajstić information content (AvgIpc) is 2.15. The number of hydrogen-bond donors (Lipinski definition) is 2. The monoisotopic (exact) mass is 256 g/mol. The molecule has 0 fully saturated rings. The Bertz CT molecular complexity index is 483. The molecule has 0 heterocycles. The van der Waals surface area contributed by atoms with Crippen LogP contribution < -0.4 is 10.5 Å². The fourth-order valence-electron chi connectivity index (χ4n) is 1.73. The van der Waals surface area contributed by atoms with Crippen LogP contribution in [0.1, 0.15) is 32.3 Å². The van der Waals surface area contributed by atoms with Crippen molar-refractivity contribution in [3.05, 3.63) is 23.8 Å². The van der Waals surface area contributed by atoms with Crippen molar-refractivity contribution in [1.29, 1.82) is 0 Å². The zero-order valence-corrected chi connectivity index (χ0v) is 11.3. The molecule has 1 aromatic rings. The first-order valence-electron chi connectivity index (χ1n) is 5.75. The van der Waals surface area contributed by atoms with Gasteiger partial charge in [-0.3, -0.25) is 0 Å². The van der Waals surface area contributed by atoms with Gasteiger partial charge in [-0.15, -0.1) is 0 Å². The summed E-state index contributed by atoms with van der Waals surface area (Å²) in [7, 11) is -3.50. The van der Waals surface area contributed by atoms with Crippen LogP contribution in [0.15, 0.2) is 23.1 Å². The number of sulfonamides is 1. The summed E-state index contributed by atoms with van der Waals surface area (Å²) >= 11 is 0. The molecular formula is C12H20N2O2S. The summed E-state index contributed by atoms with van der Waals surface area (Å²) in [5.41, 5.74) is 6.98. The zero-order chi connectivity index (χ0) is 13.1. The van der Waals surface area contributed by atoms with E-state index in [1.807, 2.05) is 20.8 Å². The summed E-state index contributed by atoms with van der Waals surface area (Å²) in [5.74, 6) is 0. The van der Waals surface area contributed by atoms with Crippen LogP contribution >= 0.6 is 0 Å². The van der Waals surface area contributed by atoms with Gasteiger partial charge < -0.3 is 5.73 Å². The molecule has 1 unspecified atom stereocenters. The minimum Gasteiger partial charge on any atom is -0.398 e. The molecule has 0 aromatic heterocycles. The minimum absolute atomic E-state index is 0.0781. The van der Waals surface area contributed by atoms with E-state index in [0.29, 0.717) is 5.69 Å². The van der Waals surface area contributed by atoms with E-state index in [1.54, 1.807) is 18.2 Å². The molecule has 0 aliphatic rings. The van der Waals surface area contributed by atoms with E-state index < -0.39 is 10.0 Å². The second-order valence-corrected chi connectivity index (χ2v) is 6.03. The normalized spacial score (nSPS) is 13.6. The van der Waals surface area contributed by atoms with Gasteiger partial charge in [0.1, 0.15) is 4.90 Å². The van der Waals surface area contributed by atoms with Crippen LogP contribution in [0.2, 0.25) is 0 Å². The standard InChI is InChI=1S/C12H20N2O2S/c1-4-5-10(3)14-17(15,16)12-7-6-9(2)8-11(12)13/h6-8,10,14H,4-5,13H2,1-3H3. The highest BCUT2D eigenvalue weighted by atomic mass is 32.2. The Kier molecular flexibility index (Phi) is 4.54. The van der Waals surface area contributed by atoms with Crippen molar-refractivity contribution in [3.8, 4) is 0 Å². The van der Waals surface area contributed by atoms with Gasteiger partial charge in [0.15, 0.2) is 0 Å². The van der Waals surface area contributed by atoms with Crippen LogP contribution in [0.5, 0.6) is 0 Å². The molecular weight excluding hydrogens is 236 g/mol. The van der Waals surface area contributed by atoms with E-state index in [0.717, 1.165) is 18.4 Å². The molecule has 17 heavy (non-hydrogen) atoms. The zero-order valence-electron chi connectivity index (χ0n) is 10.5. The lowest BCUT2D eigenvalue weighted by Gasteiger charge is -2.14. The summed E-state index contributed by atoms with van der Waals surface area (Å²) in [6, 6.07) is 4.88. The number of nitrogens with two attached hydrogens (primary N) is 1. The molecule has 0 aliphatic carbocycles. The number of aryl methyl sites for hydroxylation is 1. The van der Waals surface area contributed by atoms with Crippen molar-refractivity contribution in [3.63, 3.8) is 0 Å². The number of anilines is 1. The number of benzene rings is 1. The largest absolute Gasteiger partial charge is 0.398 e. The van der Waals surface area contributed by atoms with E-state index in [9.17, 15) is 8.42 Å². The summed E-state index contributed by atoms with van der Waals surface area (Å²) in [6.07, 6.45) is 1.75. The Morgan fingerprint density at radius 1 is 1.41 bits per heavy atom. The first-order valence-corrected chi connectivity index (χ1v) is 7.23. The van der Waals surface area contributed by atoms with Gasteiger partial charge >= 0.3 is 0 Å². The Balaban J connectivity index is 2.97. The van der Waals surface area contributed by atoms with Gasteiger partial charge in [0.05, 0.1) is 5.69 Å². The highest BCUT2D eigenvalue weighted by Gasteiger charge is 2.19. The smallest absolute Gasteiger partial charge is 0.242 e. The summed E-state index contributed by atoms with van der Waals surface area (Å²) in [6.45, 7) is 5.75. The van der Waals surface area contributed by atoms with Crippen LogP contribution in [0.3, 0.4) is 0 Å². The van der Waals surface area contributed by atoms with E-state index in [4.69, 9.17) is 5.73 Å². The van der Waals surface area contributed by atoms with Crippen molar-refractivity contribution < 1.29 is 8.42 Å². The number of nitrogen functional groups attached to an aromatic ring is 1. The first kappa shape index (κ1) is 14.0. The van der Waals surface area contributed by atoms with Crippen molar-refractivity contribution in [1.82, 2.24) is 4.72 Å². The Hall–Kier alpha value is -1.07. The second kappa shape index (κ2) is 5.51. The second-order valence-electron chi connectivity index (χ2n) is 4.35. The Morgan fingerprint density at radius 3 is 2.59 bits per heavy atom. The maximum atomic E-state index is 12.1. The molecule has 0 saturated carbocycles. The lowest BCUT2D eigenvalue weighted by Crippen LogP contribution is -2.32. The highest BCUT2D eigenvalue weighted by molar-refractivity contribution is 7.89. The fourth-order valence-corrected chi connectivity index (χ4v) is 3.12. The van der Waals surface area contributed by atoms with Gasteiger partial charge in [-0.05, 0) is 38.0 Å². The summed E-state index contributed by atoms with van der Waals surface area (Å²) in [4.78, 5) is 0.158. The molecule has 4 nitrogen and oxygen atoms in total. The van der Waals surface area contributed by atoms with Crippen LogP contribution in [0.25, 0.3) is 0 Å². The van der Waals surface area contributed by atoms with Crippen molar-refractivity contribution >= 4 is 15.7 Å². The first-order chi connectivity index (χ1) is 7.86. The van der Waals surface area contributed by atoms with Gasteiger partial charge in [0.25, 0.3) is 0 Å². The predicted molar refractivity (Wildman–Crippen MR) is 70.3 cm³/mol. The third-order valence-corrected chi connectivity index (χ3v) is 4.20. The maximum absolute atomic E-state index is 12.1. The summed E-state index contributed by atoms with van der Waals surface area (Å²) < 4.78 is 26.7. The average molecular weight is 256 g/mol. The topological polar surface area (TPSA) is 72.2 Å². The SMILES string of the molecule is CCCC(C)NS(=O)(=O)c1ccc(C)cc1N. The van der Waals surface area contributed by atoms with Gasteiger partial charge in [0, 0.05) is 6.04 Å². The predicted octanol–water partition coefficient (Wildman–Crippen LogP) is 2.04. The molecule has 5 heteroatoms. The van der Waals surface area contributed by atoms with E-state index in [1.165, 1.54) is 0 Å². The van der Waals surface area contributed by atoms with Gasteiger partial charge in [-0.1, -0.05) is 19.4 Å². The number of hydrogen-bond acceptors (Lipinski definition) is 3.